The predicted molar refractivity (Wildman–Crippen MR) is 98.2 cm³/mol. The molecule has 1 unspecified atom stereocenters. The summed E-state index contributed by atoms with van der Waals surface area (Å²) < 4.78 is 5.68. The van der Waals surface area contributed by atoms with Crippen molar-refractivity contribution in [2.75, 3.05) is 5.73 Å². The molecule has 1 heterocycles. The minimum atomic E-state index is -0.733. The van der Waals surface area contributed by atoms with Gasteiger partial charge < -0.3 is 15.5 Å². The van der Waals surface area contributed by atoms with E-state index in [0.29, 0.717) is 17.4 Å². The van der Waals surface area contributed by atoms with Crippen LogP contribution in [0.3, 0.4) is 0 Å². The number of aryl methyl sites for hydroxylation is 2. The fourth-order valence-corrected chi connectivity index (χ4v) is 2.70. The van der Waals surface area contributed by atoms with E-state index >= 15 is 0 Å². The van der Waals surface area contributed by atoms with Gasteiger partial charge in [-0.2, -0.15) is 0 Å². The number of nitrogens with zero attached hydrogens (tertiary/aromatic N) is 2. The smallest absolute Gasteiger partial charge is 0.304 e. The van der Waals surface area contributed by atoms with Crippen molar-refractivity contribution in [2.24, 2.45) is 10.2 Å². The highest BCUT2D eigenvalue weighted by Crippen LogP contribution is 2.30. The van der Waals surface area contributed by atoms with E-state index in [9.17, 15) is 4.79 Å². The standard InChI is InChI=1S/C19H20N4O2/c1-11-8-12(2)10-14(9-11)25-13(3)19(24)23-22-18-16-7-5-4-6-15(16)17(20)21-18/h4-10,13,21H,20H2,1-3H3. The fourth-order valence-electron chi connectivity index (χ4n) is 2.70. The lowest BCUT2D eigenvalue weighted by atomic mass is 10.1. The van der Waals surface area contributed by atoms with Crippen LogP contribution in [0.2, 0.25) is 0 Å². The first kappa shape index (κ1) is 16.7. The van der Waals surface area contributed by atoms with E-state index in [1.807, 2.05) is 56.3 Å². The number of amides is 1. The van der Waals surface area contributed by atoms with Crippen molar-refractivity contribution in [3.63, 3.8) is 0 Å². The van der Waals surface area contributed by atoms with Gasteiger partial charge in [-0.05, 0) is 44.0 Å². The number of carbonyl (C=O) groups is 1. The Balaban J connectivity index is 1.75. The molecule has 0 spiro atoms. The molecule has 1 amide bonds. The number of rotatable bonds is 4. The third-order valence-corrected chi connectivity index (χ3v) is 3.83. The van der Waals surface area contributed by atoms with E-state index in [4.69, 9.17) is 10.5 Å². The number of aromatic amines is 1. The van der Waals surface area contributed by atoms with Crippen LogP contribution in [0.5, 0.6) is 5.75 Å². The van der Waals surface area contributed by atoms with Gasteiger partial charge in [-0.3, -0.25) is 4.79 Å². The monoisotopic (exact) mass is 336 g/mol. The Morgan fingerprint density at radius 2 is 1.76 bits per heavy atom. The van der Waals surface area contributed by atoms with Crippen LogP contribution in [0.15, 0.2) is 52.7 Å². The molecule has 3 rings (SSSR count). The molecule has 0 aliphatic carbocycles. The molecule has 6 heteroatoms. The molecule has 0 fully saturated rings. The zero-order chi connectivity index (χ0) is 18.0. The van der Waals surface area contributed by atoms with Gasteiger partial charge in [-0.15, -0.1) is 10.2 Å². The predicted octanol–water partition coefficient (Wildman–Crippen LogP) is 4.44. The SMILES string of the molecule is Cc1cc(C)cc(OC(C)C(=O)N=Nc2[nH]c(N)c3ccccc23)c1. The Labute approximate surface area is 145 Å². The average molecular weight is 336 g/mol. The molecule has 0 bridgehead atoms. The van der Waals surface area contributed by atoms with E-state index in [0.717, 1.165) is 21.9 Å². The van der Waals surface area contributed by atoms with Crippen LogP contribution < -0.4 is 10.5 Å². The second-order valence-corrected chi connectivity index (χ2v) is 6.05. The summed E-state index contributed by atoms with van der Waals surface area (Å²) in [5.41, 5.74) is 8.05. The van der Waals surface area contributed by atoms with Crippen molar-refractivity contribution in [2.45, 2.75) is 26.9 Å². The molecule has 128 valence electrons. The van der Waals surface area contributed by atoms with Gasteiger partial charge in [0.15, 0.2) is 11.9 Å². The summed E-state index contributed by atoms with van der Waals surface area (Å²) in [6, 6.07) is 13.3. The highest BCUT2D eigenvalue weighted by Gasteiger charge is 2.15. The molecule has 3 N–H and O–H groups in total. The van der Waals surface area contributed by atoms with Gasteiger partial charge >= 0.3 is 5.91 Å². The van der Waals surface area contributed by atoms with E-state index in [2.05, 4.69) is 15.2 Å². The van der Waals surface area contributed by atoms with Crippen molar-refractivity contribution in [3.8, 4) is 5.75 Å². The number of aromatic nitrogens is 1. The largest absolute Gasteiger partial charge is 0.481 e. The van der Waals surface area contributed by atoms with Gasteiger partial charge in [0.1, 0.15) is 11.6 Å². The summed E-state index contributed by atoms with van der Waals surface area (Å²) in [6.45, 7) is 5.61. The van der Waals surface area contributed by atoms with Gasteiger partial charge in [0, 0.05) is 10.8 Å². The number of benzene rings is 2. The summed E-state index contributed by atoms with van der Waals surface area (Å²) in [5, 5.41) is 9.46. The number of ether oxygens (including phenoxy) is 1. The molecule has 6 nitrogen and oxygen atoms in total. The summed E-state index contributed by atoms with van der Waals surface area (Å²) in [5.74, 6) is 1.14. The van der Waals surface area contributed by atoms with E-state index in [-0.39, 0.29) is 0 Å². The molecular weight excluding hydrogens is 316 g/mol. The summed E-state index contributed by atoms with van der Waals surface area (Å²) in [7, 11) is 0. The second kappa shape index (κ2) is 6.76. The van der Waals surface area contributed by atoms with Crippen molar-refractivity contribution in [1.82, 2.24) is 4.98 Å². The van der Waals surface area contributed by atoms with Gasteiger partial charge in [-0.1, -0.05) is 30.3 Å². The van der Waals surface area contributed by atoms with Crippen LogP contribution in [0.1, 0.15) is 18.1 Å². The quantitative estimate of drug-likeness (QED) is 0.690. The lowest BCUT2D eigenvalue weighted by molar-refractivity contribution is -0.124. The number of anilines is 1. The Kier molecular flexibility index (Phi) is 4.52. The number of azo groups is 1. The van der Waals surface area contributed by atoms with Gasteiger partial charge in [0.05, 0.1) is 0 Å². The number of fused-ring (bicyclic) bond motifs is 1. The first-order valence-corrected chi connectivity index (χ1v) is 8.01. The number of hydrogen-bond donors (Lipinski definition) is 2. The average Bonchev–Trinajstić information content (AvgIpc) is 2.88. The molecule has 1 aromatic heterocycles. The normalized spacial score (nSPS) is 12.6. The molecule has 0 radical (unpaired) electrons. The zero-order valence-electron chi connectivity index (χ0n) is 14.4. The maximum absolute atomic E-state index is 12.2. The maximum atomic E-state index is 12.2. The summed E-state index contributed by atoms with van der Waals surface area (Å²) in [4.78, 5) is 15.1. The Hall–Kier alpha value is -3.15. The minimum absolute atomic E-state index is 0.458. The maximum Gasteiger partial charge on any atom is 0.304 e. The van der Waals surface area contributed by atoms with Crippen LogP contribution in [-0.4, -0.2) is 17.0 Å². The van der Waals surface area contributed by atoms with Crippen LogP contribution in [0, 0.1) is 13.8 Å². The third-order valence-electron chi connectivity index (χ3n) is 3.83. The van der Waals surface area contributed by atoms with Crippen LogP contribution in [0.4, 0.5) is 11.6 Å². The molecule has 0 saturated carbocycles. The number of nitrogen functional groups attached to an aromatic ring is 1. The number of H-pyrrole nitrogens is 1. The second-order valence-electron chi connectivity index (χ2n) is 6.05. The zero-order valence-corrected chi connectivity index (χ0v) is 14.4. The van der Waals surface area contributed by atoms with Gasteiger partial charge in [0.2, 0.25) is 0 Å². The fraction of sp³-hybridized carbons (Fsp3) is 0.211. The third kappa shape index (κ3) is 3.68. The Morgan fingerprint density at radius 3 is 2.44 bits per heavy atom. The minimum Gasteiger partial charge on any atom is -0.481 e. The number of nitrogens with two attached hydrogens (primary N) is 1. The highest BCUT2D eigenvalue weighted by atomic mass is 16.5. The van der Waals surface area contributed by atoms with E-state index in [1.165, 1.54) is 0 Å². The lowest BCUT2D eigenvalue weighted by Gasteiger charge is -2.12. The van der Waals surface area contributed by atoms with Crippen molar-refractivity contribution in [3.05, 3.63) is 53.6 Å². The number of carbonyl (C=O) groups excluding carboxylic acids is 1. The lowest BCUT2D eigenvalue weighted by Crippen LogP contribution is -2.21. The first-order chi connectivity index (χ1) is 11.9. The molecule has 0 aliphatic rings. The molecule has 25 heavy (non-hydrogen) atoms. The van der Waals surface area contributed by atoms with Crippen LogP contribution in [0.25, 0.3) is 10.8 Å². The van der Waals surface area contributed by atoms with E-state index in [1.54, 1.807) is 6.92 Å². The first-order valence-electron chi connectivity index (χ1n) is 8.01. The summed E-state index contributed by atoms with van der Waals surface area (Å²) in [6.07, 6.45) is -0.733. The molecular formula is C19H20N4O2. The molecule has 3 aromatic rings. The van der Waals surface area contributed by atoms with Crippen LogP contribution in [-0.2, 0) is 4.79 Å². The van der Waals surface area contributed by atoms with E-state index < -0.39 is 12.0 Å². The number of nitrogens with one attached hydrogen (secondary N) is 1. The molecule has 1 atom stereocenters. The van der Waals surface area contributed by atoms with Gasteiger partial charge in [-0.25, -0.2) is 0 Å². The molecule has 0 aliphatic heterocycles. The summed E-state index contributed by atoms with van der Waals surface area (Å²) >= 11 is 0. The van der Waals surface area contributed by atoms with Gasteiger partial charge in [0.25, 0.3) is 0 Å². The van der Waals surface area contributed by atoms with Crippen molar-refractivity contribution < 1.29 is 9.53 Å². The molecule has 2 aromatic carbocycles. The Bertz CT molecular complexity index is 939. The topological polar surface area (TPSA) is 92.8 Å². The highest BCUT2D eigenvalue weighted by molar-refractivity contribution is 5.99. The molecule has 0 saturated heterocycles. The Morgan fingerprint density at radius 1 is 1.12 bits per heavy atom. The number of hydrogen-bond acceptors (Lipinski definition) is 4. The van der Waals surface area contributed by atoms with Crippen LogP contribution >= 0.6 is 0 Å². The van der Waals surface area contributed by atoms with Crippen molar-refractivity contribution >= 4 is 28.3 Å². The van der Waals surface area contributed by atoms with Crippen molar-refractivity contribution in [1.29, 1.82) is 0 Å².